The average molecular weight is 573 g/mol. The van der Waals surface area contributed by atoms with Gasteiger partial charge in [0.1, 0.15) is 11.9 Å². The van der Waals surface area contributed by atoms with Crippen molar-refractivity contribution in [2.75, 3.05) is 40.5 Å². The number of nitrogens with one attached hydrogen (secondary N) is 1. The summed E-state index contributed by atoms with van der Waals surface area (Å²) in [6, 6.07) is 18.4. The van der Waals surface area contributed by atoms with Gasteiger partial charge in [0.2, 0.25) is 0 Å². The molecule has 1 heterocycles. The number of methoxy groups -OCH3 is 2. The predicted octanol–water partition coefficient (Wildman–Crippen LogP) is 6.66. The van der Waals surface area contributed by atoms with Crippen LogP contribution in [-0.4, -0.2) is 63.3 Å². The lowest BCUT2D eigenvalue weighted by Gasteiger charge is -2.24. The predicted molar refractivity (Wildman–Crippen MR) is 161 cm³/mol. The van der Waals surface area contributed by atoms with Gasteiger partial charge in [0.25, 0.3) is 0 Å². The Balaban J connectivity index is 0.000000547. The topological polar surface area (TPSA) is 69.3 Å². The van der Waals surface area contributed by atoms with Crippen LogP contribution in [0.2, 0.25) is 0 Å². The van der Waals surface area contributed by atoms with Crippen LogP contribution in [0.1, 0.15) is 39.7 Å². The smallest absolute Gasteiger partial charge is 0.407 e. The highest BCUT2D eigenvalue weighted by molar-refractivity contribution is 7.97. The van der Waals surface area contributed by atoms with Crippen LogP contribution in [-0.2, 0) is 14.2 Å². The number of hydrogen-bond donors (Lipinski definition) is 1. The number of carbonyl (C=O) groups excluding carboxylic acids is 1. The standard InChI is InChI=1S/C25H40N2O5S.C7H8/c1-16(2)14-27(33-20-10-8-19(29-5)9-11-20)13-7-12-26-25(28)32-23-18(4)17(3)22-21(23)15-31-24(22)30-6;1-7-5-3-2-4-6-7/h8-11,16-18,21-24H,7,12-15H2,1-6H3,(H,26,28);2-6H,1H3. The Kier molecular flexibility index (Phi) is 13.1. The molecular weight excluding hydrogens is 524 g/mol. The van der Waals surface area contributed by atoms with E-state index in [2.05, 4.69) is 68.5 Å². The van der Waals surface area contributed by atoms with Gasteiger partial charge in [-0.15, -0.1) is 0 Å². The van der Waals surface area contributed by atoms with Gasteiger partial charge in [0, 0.05) is 43.5 Å². The molecular formula is C32H48N2O5S. The van der Waals surface area contributed by atoms with E-state index in [0.717, 1.165) is 25.3 Å². The maximum atomic E-state index is 12.5. The van der Waals surface area contributed by atoms with Crippen LogP contribution in [0, 0.1) is 36.5 Å². The molecule has 2 fully saturated rings. The van der Waals surface area contributed by atoms with Gasteiger partial charge >= 0.3 is 6.09 Å². The minimum absolute atomic E-state index is 0.131. The lowest BCUT2D eigenvalue weighted by molar-refractivity contribution is -0.121. The summed E-state index contributed by atoms with van der Waals surface area (Å²) in [4.78, 5) is 13.7. The van der Waals surface area contributed by atoms with Crippen molar-refractivity contribution >= 4 is 18.0 Å². The number of ether oxygens (including phenoxy) is 4. The number of nitrogens with zero attached hydrogens (tertiary/aromatic N) is 1. The molecule has 0 bridgehead atoms. The minimum Gasteiger partial charge on any atom is -0.497 e. The molecule has 0 spiro atoms. The van der Waals surface area contributed by atoms with E-state index in [1.165, 1.54) is 10.5 Å². The van der Waals surface area contributed by atoms with E-state index in [9.17, 15) is 4.79 Å². The quantitative estimate of drug-likeness (QED) is 0.238. The Bertz CT molecular complexity index is 1010. The third-order valence-electron chi connectivity index (χ3n) is 7.77. The number of amides is 1. The fourth-order valence-electron chi connectivity index (χ4n) is 5.55. The molecule has 222 valence electrons. The summed E-state index contributed by atoms with van der Waals surface area (Å²) in [6.45, 7) is 13.9. The van der Waals surface area contributed by atoms with Crippen LogP contribution in [0.15, 0.2) is 59.5 Å². The molecule has 1 amide bonds. The molecule has 2 aliphatic rings. The second-order valence-corrected chi connectivity index (χ2v) is 12.4. The summed E-state index contributed by atoms with van der Waals surface area (Å²) >= 11 is 1.74. The largest absolute Gasteiger partial charge is 0.497 e. The Morgan fingerprint density at radius 1 is 1.07 bits per heavy atom. The Hall–Kier alpha value is -2.26. The second kappa shape index (κ2) is 16.2. The molecule has 1 N–H and O–H groups in total. The number of carbonyl (C=O) groups is 1. The number of benzene rings is 2. The number of hydrogen-bond acceptors (Lipinski definition) is 7. The van der Waals surface area contributed by atoms with Gasteiger partial charge in [-0.1, -0.05) is 63.6 Å². The highest BCUT2D eigenvalue weighted by Gasteiger charge is 2.55. The molecule has 7 nitrogen and oxygen atoms in total. The molecule has 0 aromatic heterocycles. The second-order valence-electron chi connectivity index (χ2n) is 11.3. The van der Waals surface area contributed by atoms with Crippen LogP contribution < -0.4 is 10.1 Å². The first-order valence-corrected chi connectivity index (χ1v) is 15.2. The first-order valence-electron chi connectivity index (χ1n) is 14.4. The normalized spacial score (nSPS) is 25.3. The van der Waals surface area contributed by atoms with Crippen molar-refractivity contribution < 1.29 is 23.7 Å². The van der Waals surface area contributed by atoms with Crippen LogP contribution >= 0.6 is 11.9 Å². The molecule has 2 aromatic rings. The van der Waals surface area contributed by atoms with Crippen molar-refractivity contribution in [3.8, 4) is 5.75 Å². The van der Waals surface area contributed by atoms with E-state index in [1.54, 1.807) is 26.2 Å². The lowest BCUT2D eigenvalue weighted by Crippen LogP contribution is -2.36. The zero-order valence-electron chi connectivity index (χ0n) is 25.2. The molecule has 4 rings (SSSR count). The third-order valence-corrected chi connectivity index (χ3v) is 8.84. The van der Waals surface area contributed by atoms with E-state index in [4.69, 9.17) is 18.9 Å². The van der Waals surface area contributed by atoms with E-state index in [0.29, 0.717) is 25.0 Å². The summed E-state index contributed by atoms with van der Waals surface area (Å²) in [7, 11) is 3.36. The zero-order chi connectivity index (χ0) is 29.1. The molecule has 1 saturated carbocycles. The van der Waals surface area contributed by atoms with Gasteiger partial charge in [0.15, 0.2) is 6.29 Å². The molecule has 8 heteroatoms. The van der Waals surface area contributed by atoms with Crippen LogP contribution in [0.3, 0.4) is 0 Å². The van der Waals surface area contributed by atoms with Crippen molar-refractivity contribution in [2.24, 2.45) is 29.6 Å². The zero-order valence-corrected chi connectivity index (χ0v) is 26.0. The highest BCUT2D eigenvalue weighted by atomic mass is 32.2. The van der Waals surface area contributed by atoms with Crippen LogP contribution in [0.4, 0.5) is 4.79 Å². The molecule has 0 radical (unpaired) electrons. The SMILES string of the molecule is COc1ccc(SN(CCCNC(=O)OC2C(C)C(C)C3C(OC)OCC23)CC(C)C)cc1.Cc1ccccc1. The summed E-state index contributed by atoms with van der Waals surface area (Å²) in [6.07, 6.45) is 0.189. The average Bonchev–Trinajstić information content (AvgIpc) is 3.46. The van der Waals surface area contributed by atoms with Crippen molar-refractivity contribution in [3.63, 3.8) is 0 Å². The van der Waals surface area contributed by atoms with Gasteiger partial charge in [-0.3, -0.25) is 0 Å². The fraction of sp³-hybridized carbons (Fsp3) is 0.594. The summed E-state index contributed by atoms with van der Waals surface area (Å²) in [5, 5.41) is 2.95. The van der Waals surface area contributed by atoms with E-state index >= 15 is 0 Å². The van der Waals surface area contributed by atoms with Crippen LogP contribution in [0.5, 0.6) is 5.75 Å². The van der Waals surface area contributed by atoms with Crippen molar-refractivity contribution in [3.05, 3.63) is 60.2 Å². The minimum atomic E-state index is -0.334. The summed E-state index contributed by atoms with van der Waals surface area (Å²) in [5.74, 6) is 2.57. The van der Waals surface area contributed by atoms with Gasteiger partial charge in [0.05, 0.1) is 13.7 Å². The number of alkyl carbamates (subject to hydrolysis) is 1. The third kappa shape index (κ3) is 9.40. The Morgan fingerprint density at radius 2 is 1.77 bits per heavy atom. The van der Waals surface area contributed by atoms with Gasteiger partial charge in [-0.25, -0.2) is 9.10 Å². The van der Waals surface area contributed by atoms with Crippen molar-refractivity contribution in [1.29, 1.82) is 0 Å². The van der Waals surface area contributed by atoms with Gasteiger partial charge < -0.3 is 24.3 Å². The van der Waals surface area contributed by atoms with E-state index < -0.39 is 0 Å². The molecule has 2 aromatic carbocycles. The number of rotatable bonds is 11. The summed E-state index contributed by atoms with van der Waals surface area (Å²) < 4.78 is 24.7. The van der Waals surface area contributed by atoms with Crippen molar-refractivity contribution in [1.82, 2.24) is 9.62 Å². The highest BCUT2D eigenvalue weighted by Crippen LogP contribution is 2.49. The summed E-state index contributed by atoms with van der Waals surface area (Å²) in [5.41, 5.74) is 1.32. The Morgan fingerprint density at radius 3 is 2.35 bits per heavy atom. The first-order chi connectivity index (χ1) is 19.2. The van der Waals surface area contributed by atoms with E-state index in [1.807, 2.05) is 30.3 Å². The molecule has 6 atom stereocenters. The Labute approximate surface area is 245 Å². The number of fused-ring (bicyclic) bond motifs is 1. The van der Waals surface area contributed by atoms with E-state index in [-0.39, 0.29) is 36.2 Å². The van der Waals surface area contributed by atoms with Gasteiger partial charge in [-0.05, 0) is 67.3 Å². The molecule has 40 heavy (non-hydrogen) atoms. The maximum Gasteiger partial charge on any atom is 0.407 e. The monoisotopic (exact) mass is 572 g/mol. The lowest BCUT2D eigenvalue weighted by atomic mass is 9.90. The maximum absolute atomic E-state index is 12.5. The molecule has 1 aliphatic heterocycles. The fourth-order valence-corrected chi connectivity index (χ4v) is 6.70. The molecule has 6 unspecified atom stereocenters. The number of aryl methyl sites for hydroxylation is 1. The van der Waals surface area contributed by atoms with Crippen LogP contribution in [0.25, 0.3) is 0 Å². The van der Waals surface area contributed by atoms with Gasteiger partial charge in [-0.2, -0.15) is 0 Å². The van der Waals surface area contributed by atoms with Crippen molar-refractivity contribution in [2.45, 2.75) is 58.3 Å². The molecule has 1 aliphatic carbocycles. The molecule has 1 saturated heterocycles. The first kappa shape index (κ1) is 32.3.